The van der Waals surface area contributed by atoms with Gasteiger partial charge in [-0.25, -0.2) is 0 Å². The Morgan fingerprint density at radius 3 is 2.65 bits per heavy atom. The predicted octanol–water partition coefficient (Wildman–Crippen LogP) is 1.79. The molecule has 4 heteroatoms. The van der Waals surface area contributed by atoms with Crippen molar-refractivity contribution in [1.29, 1.82) is 0 Å². The molecule has 4 nitrogen and oxygen atoms in total. The molecule has 0 aromatic carbocycles. The van der Waals surface area contributed by atoms with Crippen molar-refractivity contribution in [3.63, 3.8) is 0 Å². The lowest BCUT2D eigenvalue weighted by Gasteiger charge is -2.18. The van der Waals surface area contributed by atoms with Crippen LogP contribution in [0.25, 0.3) is 0 Å². The van der Waals surface area contributed by atoms with Gasteiger partial charge in [-0.3, -0.25) is 9.97 Å². The molecule has 0 radical (unpaired) electrons. The van der Waals surface area contributed by atoms with Gasteiger partial charge in [0.25, 0.3) is 0 Å². The monoisotopic (exact) mass is 229 g/mol. The molecule has 2 aromatic rings. The second-order valence-electron chi connectivity index (χ2n) is 3.63. The Balaban J connectivity index is 2.42. The van der Waals surface area contributed by atoms with E-state index in [1.54, 1.807) is 25.7 Å². The summed E-state index contributed by atoms with van der Waals surface area (Å²) in [4.78, 5) is 8.20. The molecule has 1 unspecified atom stereocenters. The number of hydrogen-bond donors (Lipinski definition) is 1. The molecule has 0 saturated heterocycles. The Hall–Kier alpha value is -1.94. The molecular formula is C13H15N3O. The van der Waals surface area contributed by atoms with Gasteiger partial charge >= 0.3 is 0 Å². The van der Waals surface area contributed by atoms with Crippen molar-refractivity contribution in [2.75, 3.05) is 14.2 Å². The minimum absolute atomic E-state index is 0.0571. The first-order valence-electron chi connectivity index (χ1n) is 5.42. The zero-order valence-electron chi connectivity index (χ0n) is 9.92. The second kappa shape index (κ2) is 5.41. The van der Waals surface area contributed by atoms with Crippen LogP contribution in [-0.4, -0.2) is 24.1 Å². The quantitative estimate of drug-likeness (QED) is 0.868. The van der Waals surface area contributed by atoms with Gasteiger partial charge in [0.2, 0.25) is 0 Å². The predicted molar refractivity (Wildman–Crippen MR) is 65.9 cm³/mol. The van der Waals surface area contributed by atoms with Gasteiger partial charge in [0.15, 0.2) is 0 Å². The molecule has 2 heterocycles. The molecule has 0 saturated carbocycles. The molecule has 17 heavy (non-hydrogen) atoms. The first-order chi connectivity index (χ1) is 8.36. The maximum Gasteiger partial charge on any atom is 0.142 e. The fourth-order valence-electron chi connectivity index (χ4n) is 1.85. The maximum atomic E-state index is 5.33. The summed E-state index contributed by atoms with van der Waals surface area (Å²) in [5, 5.41) is 3.26. The summed E-state index contributed by atoms with van der Waals surface area (Å²) in [5.74, 6) is 0.774. The Bertz CT molecular complexity index is 473. The van der Waals surface area contributed by atoms with Crippen molar-refractivity contribution in [2.45, 2.75) is 6.04 Å². The van der Waals surface area contributed by atoms with Crippen LogP contribution in [0.1, 0.15) is 17.2 Å². The standard InChI is InChI=1S/C13H15N3O/c1-14-13(10-4-3-6-15-8-10)11-5-7-16-9-12(11)17-2/h3-9,13-14H,1-2H3. The zero-order valence-corrected chi connectivity index (χ0v) is 9.92. The van der Waals surface area contributed by atoms with Gasteiger partial charge in [0.1, 0.15) is 5.75 Å². The van der Waals surface area contributed by atoms with Crippen LogP contribution < -0.4 is 10.1 Å². The van der Waals surface area contributed by atoms with Gasteiger partial charge in [0.05, 0.1) is 19.3 Å². The van der Waals surface area contributed by atoms with Gasteiger partial charge in [-0.2, -0.15) is 0 Å². The summed E-state index contributed by atoms with van der Waals surface area (Å²) in [6.07, 6.45) is 7.09. The van der Waals surface area contributed by atoms with Gasteiger partial charge < -0.3 is 10.1 Å². The van der Waals surface area contributed by atoms with Gasteiger partial charge in [-0.1, -0.05) is 6.07 Å². The molecule has 1 atom stereocenters. The van der Waals surface area contributed by atoms with Crippen LogP contribution in [0, 0.1) is 0 Å². The molecule has 0 aliphatic carbocycles. The minimum Gasteiger partial charge on any atom is -0.495 e. The maximum absolute atomic E-state index is 5.33. The van der Waals surface area contributed by atoms with E-state index in [-0.39, 0.29) is 6.04 Å². The number of aromatic nitrogens is 2. The third-order valence-corrected chi connectivity index (χ3v) is 2.65. The third kappa shape index (κ3) is 2.42. The van der Waals surface area contributed by atoms with Gasteiger partial charge in [0, 0.05) is 24.2 Å². The lowest BCUT2D eigenvalue weighted by Crippen LogP contribution is -2.18. The van der Waals surface area contributed by atoms with Crippen molar-refractivity contribution < 1.29 is 4.74 Å². The summed E-state index contributed by atoms with van der Waals surface area (Å²) >= 11 is 0. The van der Waals surface area contributed by atoms with E-state index in [0.29, 0.717) is 0 Å². The highest BCUT2D eigenvalue weighted by atomic mass is 16.5. The summed E-state index contributed by atoms with van der Waals surface area (Å²) in [6, 6.07) is 5.97. The number of nitrogens with one attached hydrogen (secondary N) is 1. The smallest absolute Gasteiger partial charge is 0.142 e. The normalized spacial score (nSPS) is 12.1. The highest BCUT2D eigenvalue weighted by Crippen LogP contribution is 2.28. The number of nitrogens with zero attached hydrogens (tertiary/aromatic N) is 2. The lowest BCUT2D eigenvalue weighted by molar-refractivity contribution is 0.403. The number of ether oxygens (including phenoxy) is 1. The Kier molecular flexibility index (Phi) is 3.67. The van der Waals surface area contributed by atoms with E-state index in [1.807, 2.05) is 31.4 Å². The molecule has 2 aromatic heterocycles. The molecule has 0 aliphatic heterocycles. The van der Waals surface area contributed by atoms with Gasteiger partial charge in [-0.15, -0.1) is 0 Å². The summed E-state index contributed by atoms with van der Waals surface area (Å²) in [6.45, 7) is 0. The fourth-order valence-corrected chi connectivity index (χ4v) is 1.85. The van der Waals surface area contributed by atoms with Crippen LogP contribution in [0.2, 0.25) is 0 Å². The van der Waals surface area contributed by atoms with Crippen LogP contribution in [0.5, 0.6) is 5.75 Å². The van der Waals surface area contributed by atoms with Crippen LogP contribution in [-0.2, 0) is 0 Å². The average molecular weight is 229 g/mol. The van der Waals surface area contributed by atoms with Crippen molar-refractivity contribution in [2.24, 2.45) is 0 Å². The highest BCUT2D eigenvalue weighted by molar-refractivity contribution is 5.38. The molecule has 2 rings (SSSR count). The van der Waals surface area contributed by atoms with Gasteiger partial charge in [-0.05, 0) is 24.7 Å². The number of methoxy groups -OCH3 is 1. The van der Waals surface area contributed by atoms with Crippen molar-refractivity contribution >= 4 is 0 Å². The molecule has 0 fully saturated rings. The van der Waals surface area contributed by atoms with E-state index in [9.17, 15) is 0 Å². The Morgan fingerprint density at radius 1 is 1.18 bits per heavy atom. The number of pyridine rings is 2. The molecule has 0 amide bonds. The van der Waals surface area contributed by atoms with E-state index in [2.05, 4.69) is 15.3 Å². The molecule has 0 bridgehead atoms. The number of hydrogen-bond acceptors (Lipinski definition) is 4. The fraction of sp³-hybridized carbons (Fsp3) is 0.231. The molecule has 1 N–H and O–H groups in total. The van der Waals surface area contributed by atoms with Crippen molar-refractivity contribution in [1.82, 2.24) is 15.3 Å². The van der Waals surface area contributed by atoms with Crippen molar-refractivity contribution in [3.8, 4) is 5.75 Å². The average Bonchev–Trinajstić information content (AvgIpc) is 2.41. The Labute approximate surface area is 101 Å². The third-order valence-electron chi connectivity index (χ3n) is 2.65. The van der Waals surface area contributed by atoms with Crippen LogP contribution in [0.4, 0.5) is 0 Å². The molecule has 0 aliphatic rings. The van der Waals surface area contributed by atoms with E-state index < -0.39 is 0 Å². The Morgan fingerprint density at radius 2 is 2.00 bits per heavy atom. The minimum atomic E-state index is 0.0571. The first-order valence-corrected chi connectivity index (χ1v) is 5.42. The summed E-state index contributed by atoms with van der Waals surface area (Å²) < 4.78 is 5.33. The van der Waals surface area contributed by atoms with Crippen molar-refractivity contribution in [3.05, 3.63) is 54.1 Å². The molecular weight excluding hydrogens is 214 g/mol. The van der Waals surface area contributed by atoms with E-state index >= 15 is 0 Å². The topological polar surface area (TPSA) is 47.0 Å². The molecule has 88 valence electrons. The SMILES string of the molecule is CNC(c1cccnc1)c1ccncc1OC. The van der Waals surface area contributed by atoms with E-state index in [1.165, 1.54) is 0 Å². The summed E-state index contributed by atoms with van der Waals surface area (Å²) in [5.41, 5.74) is 2.15. The van der Waals surface area contributed by atoms with Crippen LogP contribution in [0.3, 0.4) is 0 Å². The van der Waals surface area contributed by atoms with E-state index in [0.717, 1.165) is 16.9 Å². The number of rotatable bonds is 4. The summed E-state index contributed by atoms with van der Waals surface area (Å²) in [7, 11) is 3.56. The first kappa shape index (κ1) is 11.5. The second-order valence-corrected chi connectivity index (χ2v) is 3.63. The van der Waals surface area contributed by atoms with Crippen LogP contribution in [0.15, 0.2) is 43.0 Å². The van der Waals surface area contributed by atoms with E-state index in [4.69, 9.17) is 4.74 Å². The van der Waals surface area contributed by atoms with Crippen LogP contribution >= 0.6 is 0 Å². The molecule has 0 spiro atoms. The lowest BCUT2D eigenvalue weighted by atomic mass is 10.0. The largest absolute Gasteiger partial charge is 0.495 e. The highest BCUT2D eigenvalue weighted by Gasteiger charge is 2.16. The zero-order chi connectivity index (χ0) is 12.1.